The zero-order valence-corrected chi connectivity index (χ0v) is 16.5. The molecule has 0 aliphatic carbocycles. The summed E-state index contributed by atoms with van der Waals surface area (Å²) in [6.07, 6.45) is 0. The van der Waals surface area contributed by atoms with Crippen molar-refractivity contribution in [2.75, 3.05) is 12.4 Å². The number of imidazole rings is 1. The van der Waals surface area contributed by atoms with E-state index in [9.17, 15) is 18.3 Å². The van der Waals surface area contributed by atoms with Crippen LogP contribution in [0.4, 0.5) is 0 Å². The summed E-state index contributed by atoms with van der Waals surface area (Å²) in [5.74, 6) is -0.758. The monoisotopic (exact) mass is 434 g/mol. The molecule has 0 spiro atoms. The van der Waals surface area contributed by atoms with Gasteiger partial charge in [-0.1, -0.05) is 23.7 Å². The van der Waals surface area contributed by atoms with Crippen LogP contribution >= 0.6 is 11.6 Å². The Morgan fingerprint density at radius 3 is 2.45 bits per heavy atom. The minimum atomic E-state index is -3.85. The van der Waals surface area contributed by atoms with E-state index in [-0.39, 0.29) is 29.8 Å². The van der Waals surface area contributed by atoms with E-state index in [0.717, 1.165) is 0 Å². The van der Waals surface area contributed by atoms with E-state index in [1.807, 2.05) is 0 Å². The highest BCUT2D eigenvalue weighted by Crippen LogP contribution is 2.24. The molecule has 0 amide bonds. The third kappa shape index (κ3) is 3.64. The predicted octanol–water partition coefficient (Wildman–Crippen LogP) is 2.27. The Kier molecular flexibility index (Phi) is 4.89. The number of sulfone groups is 1. The van der Waals surface area contributed by atoms with Gasteiger partial charge < -0.3 is 9.84 Å². The van der Waals surface area contributed by atoms with Crippen molar-refractivity contribution in [1.29, 1.82) is 0 Å². The summed E-state index contributed by atoms with van der Waals surface area (Å²) < 4.78 is 34.0. The lowest BCUT2D eigenvalue weighted by Gasteiger charge is -2.06. The number of carboxylic acids is 1. The van der Waals surface area contributed by atoms with Gasteiger partial charge in [0.05, 0.1) is 16.8 Å². The second kappa shape index (κ2) is 7.37. The molecule has 0 atom stereocenters. The van der Waals surface area contributed by atoms with Gasteiger partial charge in [-0.3, -0.25) is 9.36 Å². The van der Waals surface area contributed by atoms with Crippen molar-refractivity contribution in [3.05, 3.63) is 53.6 Å². The molecule has 29 heavy (non-hydrogen) atoms. The zero-order valence-electron chi connectivity index (χ0n) is 14.9. The van der Waals surface area contributed by atoms with Gasteiger partial charge in [0.2, 0.25) is 15.6 Å². The summed E-state index contributed by atoms with van der Waals surface area (Å²) in [6.45, 7) is -0.457. The fourth-order valence-corrected chi connectivity index (χ4v) is 4.26. The predicted molar refractivity (Wildman–Crippen MR) is 105 cm³/mol. The molecule has 9 nitrogen and oxygen atoms in total. The van der Waals surface area contributed by atoms with Crippen LogP contribution in [0.3, 0.4) is 0 Å². The van der Waals surface area contributed by atoms with Crippen molar-refractivity contribution in [2.24, 2.45) is 0 Å². The normalized spacial score (nSPS) is 11.9. The number of fused-ring (bicyclic) bond motifs is 3. The standard InChI is InChI=1S/C18H15ClN4O5S/c19-12-5-7-13(8-6-12)28-9-10-29(26,27)18-21-20-17-22(11-16(24)25)14-3-1-2-4-15(14)23(17)18/h1-8H,9-11H2,(H,24,25). The first-order chi connectivity index (χ1) is 13.9. The number of hydrogen-bond acceptors (Lipinski definition) is 6. The fraction of sp³-hybridized carbons (Fsp3) is 0.167. The van der Waals surface area contributed by atoms with Crippen molar-refractivity contribution >= 4 is 44.2 Å². The van der Waals surface area contributed by atoms with Crippen LogP contribution in [0.5, 0.6) is 5.75 Å². The highest BCUT2D eigenvalue weighted by atomic mass is 35.5. The van der Waals surface area contributed by atoms with E-state index in [2.05, 4.69) is 10.2 Å². The maximum absolute atomic E-state index is 12.9. The van der Waals surface area contributed by atoms with E-state index in [4.69, 9.17) is 16.3 Å². The molecule has 2 aromatic heterocycles. The van der Waals surface area contributed by atoms with Gasteiger partial charge >= 0.3 is 5.97 Å². The molecule has 0 aliphatic rings. The smallest absolute Gasteiger partial charge is 0.323 e. The molecule has 0 bridgehead atoms. The van der Waals surface area contributed by atoms with E-state index in [0.29, 0.717) is 21.8 Å². The van der Waals surface area contributed by atoms with Gasteiger partial charge in [-0.15, -0.1) is 10.2 Å². The number of aliphatic carboxylic acids is 1. The number of nitrogens with zero attached hydrogens (tertiary/aromatic N) is 4. The molecular weight excluding hydrogens is 420 g/mol. The Morgan fingerprint density at radius 1 is 1.07 bits per heavy atom. The second-order valence-electron chi connectivity index (χ2n) is 6.21. The van der Waals surface area contributed by atoms with Crippen LogP contribution < -0.4 is 4.74 Å². The number of para-hydroxylation sites is 2. The van der Waals surface area contributed by atoms with Crippen LogP contribution in [-0.4, -0.2) is 51.0 Å². The fourth-order valence-electron chi connectivity index (χ4n) is 3.02. The quantitative estimate of drug-likeness (QED) is 0.474. The van der Waals surface area contributed by atoms with E-state index in [1.165, 1.54) is 8.97 Å². The molecule has 1 N–H and O–H groups in total. The molecular formula is C18H15ClN4O5S. The Labute approximate surface area is 170 Å². The highest BCUT2D eigenvalue weighted by molar-refractivity contribution is 7.91. The molecule has 2 heterocycles. The van der Waals surface area contributed by atoms with Gasteiger partial charge in [0, 0.05) is 5.02 Å². The summed E-state index contributed by atoms with van der Waals surface area (Å²) in [5.41, 5.74) is 1.06. The van der Waals surface area contributed by atoms with Gasteiger partial charge in [-0.2, -0.15) is 0 Å². The minimum absolute atomic E-state index is 0.0906. The van der Waals surface area contributed by atoms with Crippen LogP contribution in [0.1, 0.15) is 0 Å². The molecule has 0 fully saturated rings. The second-order valence-corrected chi connectivity index (χ2v) is 8.65. The number of carboxylic acid groups (broad SMARTS) is 1. The van der Waals surface area contributed by atoms with Crippen molar-refractivity contribution in [1.82, 2.24) is 19.2 Å². The maximum atomic E-state index is 12.9. The average molecular weight is 435 g/mol. The molecule has 150 valence electrons. The number of aromatic nitrogens is 4. The zero-order chi connectivity index (χ0) is 20.6. The van der Waals surface area contributed by atoms with Crippen LogP contribution in [-0.2, 0) is 21.2 Å². The molecule has 0 aliphatic heterocycles. The lowest BCUT2D eigenvalue weighted by molar-refractivity contribution is -0.137. The first-order valence-electron chi connectivity index (χ1n) is 8.52. The van der Waals surface area contributed by atoms with Crippen LogP contribution in [0, 0.1) is 0 Å². The average Bonchev–Trinajstić information content (AvgIpc) is 3.24. The van der Waals surface area contributed by atoms with Gasteiger partial charge in [-0.05, 0) is 36.4 Å². The van der Waals surface area contributed by atoms with Crippen molar-refractivity contribution in [3.8, 4) is 5.75 Å². The molecule has 0 saturated heterocycles. The van der Waals surface area contributed by atoms with Gasteiger partial charge in [0.25, 0.3) is 5.16 Å². The molecule has 4 rings (SSSR count). The molecule has 2 aromatic carbocycles. The highest BCUT2D eigenvalue weighted by Gasteiger charge is 2.26. The molecule has 0 radical (unpaired) electrons. The minimum Gasteiger partial charge on any atom is -0.493 e. The number of benzene rings is 2. The summed E-state index contributed by atoms with van der Waals surface area (Å²) in [5, 5.41) is 17.2. The van der Waals surface area contributed by atoms with E-state index >= 15 is 0 Å². The Bertz CT molecular complexity index is 1310. The number of rotatable bonds is 7. The SMILES string of the molecule is O=C(O)Cn1c2ccccc2n2c(S(=O)(=O)CCOc3ccc(Cl)cc3)nnc12. The number of halogens is 1. The van der Waals surface area contributed by atoms with Crippen molar-refractivity contribution < 1.29 is 23.1 Å². The lowest BCUT2D eigenvalue weighted by Crippen LogP contribution is -2.16. The maximum Gasteiger partial charge on any atom is 0.323 e. The van der Waals surface area contributed by atoms with E-state index in [1.54, 1.807) is 48.5 Å². The van der Waals surface area contributed by atoms with Gasteiger partial charge in [0.15, 0.2) is 0 Å². The van der Waals surface area contributed by atoms with Crippen molar-refractivity contribution in [3.63, 3.8) is 0 Å². The van der Waals surface area contributed by atoms with Crippen LogP contribution in [0.25, 0.3) is 16.8 Å². The molecule has 0 unspecified atom stereocenters. The van der Waals surface area contributed by atoms with Crippen LogP contribution in [0.15, 0.2) is 53.7 Å². The van der Waals surface area contributed by atoms with Gasteiger partial charge in [-0.25, -0.2) is 12.8 Å². The Hall–Kier alpha value is -3.11. The van der Waals surface area contributed by atoms with Crippen molar-refractivity contribution in [2.45, 2.75) is 11.7 Å². The topological polar surface area (TPSA) is 116 Å². The number of carbonyl (C=O) groups is 1. The summed E-state index contributed by atoms with van der Waals surface area (Å²) in [4.78, 5) is 11.2. The number of ether oxygens (including phenoxy) is 1. The first-order valence-corrected chi connectivity index (χ1v) is 10.5. The molecule has 0 saturated carbocycles. The summed E-state index contributed by atoms with van der Waals surface area (Å²) in [7, 11) is -3.85. The lowest BCUT2D eigenvalue weighted by atomic mass is 10.3. The molecule has 11 heteroatoms. The molecule has 4 aromatic rings. The largest absolute Gasteiger partial charge is 0.493 e. The van der Waals surface area contributed by atoms with E-state index < -0.39 is 15.8 Å². The Balaban J connectivity index is 1.67. The first kappa shape index (κ1) is 19.2. The summed E-state index contributed by atoms with van der Waals surface area (Å²) in [6, 6.07) is 13.4. The summed E-state index contributed by atoms with van der Waals surface area (Å²) >= 11 is 5.81. The third-order valence-electron chi connectivity index (χ3n) is 4.28. The van der Waals surface area contributed by atoms with Gasteiger partial charge in [0.1, 0.15) is 18.9 Å². The van der Waals surface area contributed by atoms with Crippen LogP contribution in [0.2, 0.25) is 5.02 Å². The number of hydrogen-bond donors (Lipinski definition) is 1. The third-order valence-corrected chi connectivity index (χ3v) is 6.05. The Morgan fingerprint density at radius 2 is 1.76 bits per heavy atom.